The van der Waals surface area contributed by atoms with E-state index < -0.39 is 30.4 Å². The number of rotatable bonds is 9. The van der Waals surface area contributed by atoms with E-state index in [2.05, 4.69) is 16.6 Å². The summed E-state index contributed by atoms with van der Waals surface area (Å²) in [6.45, 7) is 1.92. The van der Waals surface area contributed by atoms with Crippen molar-refractivity contribution in [1.29, 1.82) is 0 Å². The van der Waals surface area contributed by atoms with Gasteiger partial charge < -0.3 is 20.5 Å². The summed E-state index contributed by atoms with van der Waals surface area (Å²) in [5.41, 5.74) is 4.31. The van der Waals surface area contributed by atoms with Gasteiger partial charge in [-0.05, 0) is 28.7 Å². The van der Waals surface area contributed by atoms with E-state index in [0.717, 1.165) is 22.3 Å². The quantitative estimate of drug-likeness (QED) is 0.526. The van der Waals surface area contributed by atoms with E-state index in [0.29, 0.717) is 12.8 Å². The average Bonchev–Trinajstić information content (AvgIpc) is 3.10. The molecule has 32 heavy (non-hydrogen) atoms. The summed E-state index contributed by atoms with van der Waals surface area (Å²) in [6.07, 6.45) is 4.78. The van der Waals surface area contributed by atoms with Gasteiger partial charge in [-0.25, -0.2) is 4.79 Å². The Bertz CT molecular complexity index is 997. The van der Waals surface area contributed by atoms with Crippen LogP contribution >= 0.6 is 0 Å². The molecule has 0 radical (unpaired) electrons. The number of hydrogen-bond acceptors (Lipinski definition) is 4. The summed E-state index contributed by atoms with van der Waals surface area (Å²) in [4.78, 5) is 36.2. The van der Waals surface area contributed by atoms with Gasteiger partial charge in [0.25, 0.3) is 0 Å². The van der Waals surface area contributed by atoms with Crippen LogP contribution in [0.15, 0.2) is 48.5 Å². The Kier molecular flexibility index (Phi) is 7.50. The van der Waals surface area contributed by atoms with E-state index in [1.54, 1.807) is 0 Å². The standard InChI is InChI=1S/C25H26N2O5/c1-3-9-16(4-2)26-24(30)22(14-23(28)29)27-25(31)32-15-21-19-12-7-5-10-17(19)18-11-6-8-13-20(18)21/h1,5-8,10-13,16,21-22H,4,9,14-15H2,2H3,(H,26,30)(H,27,31)(H,28,29). The number of carbonyl (C=O) groups is 3. The number of benzene rings is 2. The highest BCUT2D eigenvalue weighted by molar-refractivity contribution is 5.89. The van der Waals surface area contributed by atoms with E-state index in [4.69, 9.17) is 16.3 Å². The molecule has 0 aromatic heterocycles. The van der Waals surface area contributed by atoms with Crippen molar-refractivity contribution in [3.63, 3.8) is 0 Å². The van der Waals surface area contributed by atoms with Crippen molar-refractivity contribution in [2.45, 2.75) is 44.2 Å². The first-order valence-electron chi connectivity index (χ1n) is 10.5. The topological polar surface area (TPSA) is 105 Å². The molecule has 1 aliphatic rings. The number of carboxylic acids is 1. The Morgan fingerprint density at radius 1 is 1.06 bits per heavy atom. The third-order valence-corrected chi connectivity index (χ3v) is 5.53. The zero-order chi connectivity index (χ0) is 23.1. The molecule has 7 heteroatoms. The molecule has 2 atom stereocenters. The van der Waals surface area contributed by atoms with Gasteiger partial charge in [-0.15, -0.1) is 12.3 Å². The van der Waals surface area contributed by atoms with Gasteiger partial charge in [0.1, 0.15) is 12.6 Å². The highest BCUT2D eigenvalue weighted by atomic mass is 16.5. The molecule has 1 aliphatic carbocycles. The van der Waals surface area contributed by atoms with Crippen LogP contribution in [0, 0.1) is 12.3 Å². The minimum atomic E-state index is -1.27. The lowest BCUT2D eigenvalue weighted by Gasteiger charge is -2.21. The first kappa shape index (κ1) is 22.9. The number of aliphatic carboxylic acids is 1. The van der Waals surface area contributed by atoms with Gasteiger partial charge in [-0.3, -0.25) is 9.59 Å². The molecule has 0 heterocycles. The maximum absolute atomic E-state index is 12.5. The SMILES string of the molecule is C#CCC(CC)NC(=O)C(CC(=O)O)NC(=O)OCC1c2ccccc2-c2ccccc21. The monoisotopic (exact) mass is 434 g/mol. The zero-order valence-corrected chi connectivity index (χ0v) is 17.8. The minimum absolute atomic E-state index is 0.0654. The molecule has 2 aromatic rings. The van der Waals surface area contributed by atoms with Gasteiger partial charge in [-0.2, -0.15) is 0 Å². The van der Waals surface area contributed by atoms with Gasteiger partial charge >= 0.3 is 12.1 Å². The molecule has 2 aromatic carbocycles. The summed E-state index contributed by atoms with van der Waals surface area (Å²) in [6, 6.07) is 14.3. The molecule has 2 unspecified atom stereocenters. The maximum Gasteiger partial charge on any atom is 0.407 e. The van der Waals surface area contributed by atoms with Crippen molar-refractivity contribution in [3.05, 3.63) is 59.7 Å². The van der Waals surface area contributed by atoms with Crippen LogP contribution in [0.25, 0.3) is 11.1 Å². The van der Waals surface area contributed by atoms with Crippen LogP contribution in [0.1, 0.15) is 43.2 Å². The predicted octanol–water partition coefficient (Wildman–Crippen LogP) is 3.29. The Morgan fingerprint density at radius 2 is 1.66 bits per heavy atom. The smallest absolute Gasteiger partial charge is 0.407 e. The van der Waals surface area contributed by atoms with Crippen LogP contribution in [-0.4, -0.2) is 41.8 Å². The van der Waals surface area contributed by atoms with E-state index in [1.807, 2.05) is 55.5 Å². The summed E-state index contributed by atoms with van der Waals surface area (Å²) in [5, 5.41) is 14.2. The van der Waals surface area contributed by atoms with Crippen molar-refractivity contribution in [3.8, 4) is 23.5 Å². The lowest BCUT2D eigenvalue weighted by Crippen LogP contribution is -2.50. The van der Waals surface area contributed by atoms with Crippen LogP contribution in [0.2, 0.25) is 0 Å². The second kappa shape index (κ2) is 10.5. The Balaban J connectivity index is 1.66. The first-order valence-corrected chi connectivity index (χ1v) is 10.5. The third kappa shape index (κ3) is 5.27. The first-order chi connectivity index (χ1) is 15.4. The van der Waals surface area contributed by atoms with Gasteiger partial charge in [0.15, 0.2) is 0 Å². The van der Waals surface area contributed by atoms with Crippen molar-refractivity contribution in [2.75, 3.05) is 6.61 Å². The molecule has 0 aliphatic heterocycles. The average molecular weight is 434 g/mol. The largest absolute Gasteiger partial charge is 0.481 e. The third-order valence-electron chi connectivity index (χ3n) is 5.53. The van der Waals surface area contributed by atoms with Gasteiger partial charge in [-0.1, -0.05) is 55.5 Å². The second-order valence-electron chi connectivity index (χ2n) is 7.64. The van der Waals surface area contributed by atoms with Crippen molar-refractivity contribution >= 4 is 18.0 Å². The van der Waals surface area contributed by atoms with Crippen LogP contribution < -0.4 is 10.6 Å². The van der Waals surface area contributed by atoms with Crippen molar-refractivity contribution < 1.29 is 24.2 Å². The van der Waals surface area contributed by atoms with Gasteiger partial charge in [0.05, 0.1) is 6.42 Å². The number of fused-ring (bicyclic) bond motifs is 3. The van der Waals surface area contributed by atoms with E-state index in [9.17, 15) is 14.4 Å². The molecule has 0 bridgehead atoms. The molecular weight excluding hydrogens is 408 g/mol. The van der Waals surface area contributed by atoms with Gasteiger partial charge in [0, 0.05) is 18.4 Å². The van der Waals surface area contributed by atoms with E-state index >= 15 is 0 Å². The number of hydrogen-bond donors (Lipinski definition) is 3. The number of carboxylic acid groups (broad SMARTS) is 1. The minimum Gasteiger partial charge on any atom is -0.481 e. The molecule has 0 saturated carbocycles. The highest BCUT2D eigenvalue weighted by Gasteiger charge is 2.30. The Morgan fingerprint density at radius 3 is 2.19 bits per heavy atom. The number of amides is 2. The fraction of sp³-hybridized carbons (Fsp3) is 0.320. The van der Waals surface area contributed by atoms with Crippen LogP contribution in [0.4, 0.5) is 4.79 Å². The number of alkyl carbamates (subject to hydrolysis) is 1. The molecule has 166 valence electrons. The predicted molar refractivity (Wildman–Crippen MR) is 120 cm³/mol. The number of terminal acetylenes is 1. The Hall–Kier alpha value is -3.79. The number of carbonyl (C=O) groups excluding carboxylic acids is 2. The van der Waals surface area contributed by atoms with E-state index in [1.165, 1.54) is 0 Å². The molecule has 3 rings (SSSR count). The molecule has 7 nitrogen and oxygen atoms in total. The Labute approximate surface area is 187 Å². The molecule has 2 amide bonds. The number of nitrogens with one attached hydrogen (secondary N) is 2. The van der Waals surface area contributed by atoms with Crippen LogP contribution in [-0.2, 0) is 14.3 Å². The zero-order valence-electron chi connectivity index (χ0n) is 17.8. The van der Waals surface area contributed by atoms with E-state index in [-0.39, 0.29) is 18.6 Å². The number of ether oxygens (including phenoxy) is 1. The highest BCUT2D eigenvalue weighted by Crippen LogP contribution is 2.44. The summed E-state index contributed by atoms with van der Waals surface area (Å²) < 4.78 is 5.43. The molecule has 0 saturated heterocycles. The molecule has 3 N–H and O–H groups in total. The van der Waals surface area contributed by atoms with Gasteiger partial charge in [0.2, 0.25) is 5.91 Å². The molecule has 0 spiro atoms. The van der Waals surface area contributed by atoms with Crippen molar-refractivity contribution in [2.24, 2.45) is 0 Å². The summed E-state index contributed by atoms with van der Waals surface area (Å²) in [7, 11) is 0. The summed E-state index contributed by atoms with van der Waals surface area (Å²) >= 11 is 0. The fourth-order valence-corrected chi connectivity index (χ4v) is 3.91. The fourth-order valence-electron chi connectivity index (χ4n) is 3.91. The van der Waals surface area contributed by atoms with Crippen LogP contribution in [0.5, 0.6) is 0 Å². The lowest BCUT2D eigenvalue weighted by molar-refractivity contribution is -0.140. The summed E-state index contributed by atoms with van der Waals surface area (Å²) in [5.74, 6) is 0.508. The van der Waals surface area contributed by atoms with Crippen molar-refractivity contribution in [1.82, 2.24) is 10.6 Å². The molecular formula is C25H26N2O5. The second-order valence-corrected chi connectivity index (χ2v) is 7.64. The van der Waals surface area contributed by atoms with Crippen LogP contribution in [0.3, 0.4) is 0 Å². The lowest BCUT2D eigenvalue weighted by atomic mass is 9.98. The maximum atomic E-state index is 12.5. The normalized spacial score (nSPS) is 13.8. The molecule has 0 fully saturated rings.